The Balaban J connectivity index is 1.84. The fourth-order valence-electron chi connectivity index (χ4n) is 2.37. The van der Waals surface area contributed by atoms with Gasteiger partial charge in [0.15, 0.2) is 5.69 Å². The highest BCUT2D eigenvalue weighted by Crippen LogP contribution is 2.24. The Morgan fingerprint density at radius 1 is 1.42 bits per heavy atom. The molecule has 0 radical (unpaired) electrons. The van der Waals surface area contributed by atoms with Crippen molar-refractivity contribution in [2.24, 2.45) is 5.92 Å². The zero-order valence-electron chi connectivity index (χ0n) is 11.1. The monoisotopic (exact) mass is 264 g/mol. The van der Waals surface area contributed by atoms with Crippen LogP contribution in [0.15, 0.2) is 12.1 Å². The lowest BCUT2D eigenvalue weighted by molar-refractivity contribution is 0.0956. The van der Waals surface area contributed by atoms with Gasteiger partial charge in [0.25, 0.3) is 5.91 Å². The number of aliphatic hydroxyl groups excluding tert-OH is 1. The van der Waals surface area contributed by atoms with Crippen molar-refractivity contribution in [3.8, 4) is 0 Å². The summed E-state index contributed by atoms with van der Waals surface area (Å²) in [6, 6.07) is 3.39. The summed E-state index contributed by atoms with van der Waals surface area (Å²) in [6.07, 6.45) is 3.80. The lowest BCUT2D eigenvalue weighted by Crippen LogP contribution is -2.25. The Morgan fingerprint density at radius 2 is 2.26 bits per heavy atom. The third-order valence-corrected chi connectivity index (χ3v) is 3.45. The fourth-order valence-corrected chi connectivity index (χ4v) is 2.37. The summed E-state index contributed by atoms with van der Waals surface area (Å²) < 4.78 is 0. The minimum absolute atomic E-state index is 0.165. The Hall–Kier alpha value is -1.69. The summed E-state index contributed by atoms with van der Waals surface area (Å²) in [5.74, 6) is 0.895. The van der Waals surface area contributed by atoms with E-state index in [0.29, 0.717) is 17.4 Å². The average molecular weight is 264 g/mol. The highest BCUT2D eigenvalue weighted by molar-refractivity contribution is 5.91. The van der Waals surface area contributed by atoms with Crippen LogP contribution in [0.25, 0.3) is 0 Å². The maximum atomic E-state index is 11.3. The first-order chi connectivity index (χ1) is 9.19. The van der Waals surface area contributed by atoms with Crippen LogP contribution in [0.4, 0.5) is 5.82 Å². The number of nitrogens with zero attached hydrogens (tertiary/aromatic N) is 2. The van der Waals surface area contributed by atoms with E-state index >= 15 is 0 Å². The fraction of sp³-hybridized carbons (Fsp3) is 0.615. The largest absolute Gasteiger partial charge is 0.393 e. The molecule has 1 saturated carbocycles. The number of carbonyl (C=O) groups is 1. The summed E-state index contributed by atoms with van der Waals surface area (Å²) in [7, 11) is 1.56. The van der Waals surface area contributed by atoms with Gasteiger partial charge in [-0.15, -0.1) is 10.2 Å². The topological polar surface area (TPSA) is 87.1 Å². The molecule has 0 saturated heterocycles. The molecule has 0 aliphatic heterocycles. The molecule has 2 unspecified atom stereocenters. The minimum atomic E-state index is -0.241. The van der Waals surface area contributed by atoms with Crippen molar-refractivity contribution in [3.63, 3.8) is 0 Å². The van der Waals surface area contributed by atoms with Crippen LogP contribution in [0.5, 0.6) is 0 Å². The van der Waals surface area contributed by atoms with Crippen LogP contribution < -0.4 is 10.6 Å². The number of anilines is 1. The van der Waals surface area contributed by atoms with Crippen LogP contribution in [0.2, 0.25) is 0 Å². The predicted molar refractivity (Wildman–Crippen MR) is 71.9 cm³/mol. The van der Waals surface area contributed by atoms with Gasteiger partial charge in [0, 0.05) is 13.6 Å². The first kappa shape index (κ1) is 13.7. The number of nitrogens with one attached hydrogen (secondary N) is 2. The van der Waals surface area contributed by atoms with Gasteiger partial charge in [0.1, 0.15) is 5.82 Å². The number of rotatable bonds is 4. The molecule has 2 rings (SSSR count). The van der Waals surface area contributed by atoms with E-state index in [2.05, 4.69) is 20.8 Å². The van der Waals surface area contributed by atoms with E-state index in [0.717, 1.165) is 32.2 Å². The zero-order valence-corrected chi connectivity index (χ0v) is 11.1. The van der Waals surface area contributed by atoms with Crippen molar-refractivity contribution in [1.29, 1.82) is 0 Å². The molecule has 0 aromatic carbocycles. The first-order valence-electron chi connectivity index (χ1n) is 6.67. The van der Waals surface area contributed by atoms with Crippen molar-refractivity contribution in [2.45, 2.75) is 31.8 Å². The molecule has 1 aromatic heterocycles. The van der Waals surface area contributed by atoms with Crippen LogP contribution in [0.3, 0.4) is 0 Å². The summed E-state index contributed by atoms with van der Waals surface area (Å²) >= 11 is 0. The van der Waals surface area contributed by atoms with Gasteiger partial charge >= 0.3 is 0 Å². The van der Waals surface area contributed by atoms with Crippen LogP contribution in [0, 0.1) is 5.92 Å². The maximum Gasteiger partial charge on any atom is 0.271 e. The van der Waals surface area contributed by atoms with Gasteiger partial charge in [0.05, 0.1) is 6.10 Å². The van der Waals surface area contributed by atoms with Gasteiger partial charge in [-0.2, -0.15) is 0 Å². The third kappa shape index (κ3) is 3.89. The molecule has 1 fully saturated rings. The molecule has 3 N–H and O–H groups in total. The molecule has 1 aromatic rings. The van der Waals surface area contributed by atoms with E-state index in [9.17, 15) is 9.90 Å². The number of aromatic nitrogens is 2. The van der Waals surface area contributed by atoms with Crippen molar-refractivity contribution < 1.29 is 9.90 Å². The van der Waals surface area contributed by atoms with Gasteiger partial charge in [-0.3, -0.25) is 4.79 Å². The van der Waals surface area contributed by atoms with Crippen molar-refractivity contribution in [2.75, 3.05) is 18.9 Å². The van der Waals surface area contributed by atoms with Crippen molar-refractivity contribution >= 4 is 11.7 Å². The lowest BCUT2D eigenvalue weighted by atomic mass is 9.87. The van der Waals surface area contributed by atoms with Crippen molar-refractivity contribution in [3.05, 3.63) is 17.8 Å². The van der Waals surface area contributed by atoms with E-state index in [1.165, 1.54) is 0 Å². The average Bonchev–Trinajstić information content (AvgIpc) is 2.45. The summed E-state index contributed by atoms with van der Waals surface area (Å²) in [6.45, 7) is 0.783. The molecule has 1 aliphatic rings. The van der Waals surface area contributed by atoms with Crippen LogP contribution in [0.1, 0.15) is 36.2 Å². The third-order valence-electron chi connectivity index (χ3n) is 3.45. The highest BCUT2D eigenvalue weighted by Gasteiger charge is 2.19. The molecule has 0 bridgehead atoms. The van der Waals surface area contributed by atoms with E-state index in [-0.39, 0.29) is 12.0 Å². The van der Waals surface area contributed by atoms with E-state index in [1.54, 1.807) is 19.2 Å². The van der Waals surface area contributed by atoms with Gasteiger partial charge in [0.2, 0.25) is 0 Å². The molecular weight excluding hydrogens is 244 g/mol. The number of amides is 1. The van der Waals surface area contributed by atoms with Gasteiger partial charge < -0.3 is 15.7 Å². The number of hydrogen-bond acceptors (Lipinski definition) is 5. The molecular formula is C13H20N4O2. The standard InChI is InChI=1S/C13H20N4O2/c1-14-13(19)11-5-6-12(17-16-11)15-8-9-3-2-4-10(18)7-9/h5-6,9-10,18H,2-4,7-8H2,1H3,(H,14,19)(H,15,17). The van der Waals surface area contributed by atoms with E-state index < -0.39 is 0 Å². The second-order valence-electron chi connectivity index (χ2n) is 4.95. The zero-order chi connectivity index (χ0) is 13.7. The number of hydrogen-bond donors (Lipinski definition) is 3. The smallest absolute Gasteiger partial charge is 0.271 e. The van der Waals surface area contributed by atoms with Crippen LogP contribution in [-0.2, 0) is 0 Å². The number of aliphatic hydroxyl groups is 1. The normalized spacial score (nSPS) is 22.8. The SMILES string of the molecule is CNC(=O)c1ccc(NCC2CCCC(O)C2)nn1. The Labute approximate surface area is 112 Å². The highest BCUT2D eigenvalue weighted by atomic mass is 16.3. The Morgan fingerprint density at radius 3 is 2.89 bits per heavy atom. The Bertz CT molecular complexity index is 421. The second kappa shape index (κ2) is 6.47. The molecule has 1 amide bonds. The van der Waals surface area contributed by atoms with Gasteiger partial charge in [-0.25, -0.2) is 0 Å². The molecule has 6 heteroatoms. The lowest BCUT2D eigenvalue weighted by Gasteiger charge is -2.25. The summed E-state index contributed by atoms with van der Waals surface area (Å²) in [4.78, 5) is 11.3. The van der Waals surface area contributed by atoms with Crippen LogP contribution in [-0.4, -0.2) is 40.9 Å². The van der Waals surface area contributed by atoms with E-state index in [1.807, 2.05) is 0 Å². The molecule has 6 nitrogen and oxygen atoms in total. The number of carbonyl (C=O) groups excluding carboxylic acids is 1. The molecule has 19 heavy (non-hydrogen) atoms. The predicted octanol–water partition coefficient (Wildman–Crippen LogP) is 0.799. The second-order valence-corrected chi connectivity index (χ2v) is 4.95. The molecule has 104 valence electrons. The Kier molecular flexibility index (Phi) is 4.68. The van der Waals surface area contributed by atoms with Crippen LogP contribution >= 0.6 is 0 Å². The molecule has 2 atom stereocenters. The van der Waals surface area contributed by atoms with Gasteiger partial charge in [-0.1, -0.05) is 6.42 Å². The first-order valence-corrected chi connectivity index (χ1v) is 6.67. The maximum absolute atomic E-state index is 11.3. The molecule has 0 spiro atoms. The molecule has 1 aliphatic carbocycles. The quantitative estimate of drug-likeness (QED) is 0.748. The van der Waals surface area contributed by atoms with E-state index in [4.69, 9.17) is 0 Å². The molecule has 1 heterocycles. The summed E-state index contributed by atoms with van der Waals surface area (Å²) in [5, 5.41) is 23.1. The summed E-state index contributed by atoms with van der Waals surface area (Å²) in [5.41, 5.74) is 0.307. The minimum Gasteiger partial charge on any atom is -0.393 e. The van der Waals surface area contributed by atoms with Crippen molar-refractivity contribution in [1.82, 2.24) is 15.5 Å². The van der Waals surface area contributed by atoms with Gasteiger partial charge in [-0.05, 0) is 37.3 Å².